The van der Waals surface area contributed by atoms with Crippen molar-refractivity contribution in [3.63, 3.8) is 0 Å². The Morgan fingerprint density at radius 1 is 1.32 bits per heavy atom. The second-order valence-corrected chi connectivity index (χ2v) is 8.03. The maximum atomic E-state index is 15.2. The van der Waals surface area contributed by atoms with E-state index in [1.54, 1.807) is 0 Å². The first-order chi connectivity index (χ1) is 13.3. The van der Waals surface area contributed by atoms with Gasteiger partial charge in [0, 0.05) is 36.3 Å². The monoisotopic (exact) mass is 388 g/mol. The van der Waals surface area contributed by atoms with E-state index in [0.29, 0.717) is 37.1 Å². The van der Waals surface area contributed by atoms with E-state index in [-0.39, 0.29) is 22.9 Å². The van der Waals surface area contributed by atoms with Gasteiger partial charge in [-0.25, -0.2) is 9.18 Å². The lowest BCUT2D eigenvalue weighted by Gasteiger charge is -2.37. The maximum absolute atomic E-state index is 15.2. The second-order valence-electron chi connectivity index (χ2n) is 8.03. The van der Waals surface area contributed by atoms with Crippen LogP contribution in [0.1, 0.15) is 55.1 Å². The molecule has 28 heavy (non-hydrogen) atoms. The van der Waals surface area contributed by atoms with Crippen LogP contribution >= 0.6 is 0 Å². The summed E-state index contributed by atoms with van der Waals surface area (Å²) < 4.78 is 17.1. The lowest BCUT2D eigenvalue weighted by atomic mass is 9.94. The minimum Gasteiger partial charge on any atom is -0.477 e. The average molecular weight is 388 g/mol. The van der Waals surface area contributed by atoms with E-state index in [0.717, 1.165) is 18.4 Å². The van der Waals surface area contributed by atoms with E-state index in [1.807, 2.05) is 23.3 Å². The molecule has 2 atom stereocenters. The fraction of sp³-hybridized carbons (Fsp3) is 0.524. The summed E-state index contributed by atoms with van der Waals surface area (Å²) in [6, 6.07) is 1.35. The second kappa shape index (κ2) is 6.88. The van der Waals surface area contributed by atoms with Gasteiger partial charge in [-0.15, -0.1) is 0 Å². The van der Waals surface area contributed by atoms with Crippen LogP contribution in [0.15, 0.2) is 17.1 Å². The number of fused-ring (bicyclic) bond motifs is 1. The van der Waals surface area contributed by atoms with Crippen molar-refractivity contribution in [3.05, 3.63) is 39.4 Å². The zero-order valence-electron chi connectivity index (χ0n) is 16.1. The predicted molar refractivity (Wildman–Crippen MR) is 105 cm³/mol. The van der Waals surface area contributed by atoms with Crippen LogP contribution in [-0.2, 0) is 6.42 Å². The molecule has 1 saturated carbocycles. The van der Waals surface area contributed by atoms with Crippen LogP contribution in [0.4, 0.5) is 10.1 Å². The van der Waals surface area contributed by atoms with E-state index in [4.69, 9.17) is 0 Å². The number of aryl methyl sites for hydroxylation is 1. The zero-order valence-corrected chi connectivity index (χ0v) is 16.1. The number of nitrogens with zero attached hydrogens (tertiary/aromatic N) is 2. The number of aliphatic hydroxyl groups excluding tert-OH is 1. The number of hydrogen-bond donors (Lipinski definition) is 2. The normalized spacial score (nSPS) is 22.6. The molecular weight excluding hydrogens is 363 g/mol. The fourth-order valence-electron chi connectivity index (χ4n) is 4.36. The lowest BCUT2D eigenvalue weighted by Crippen LogP contribution is -2.42. The number of aromatic nitrogens is 1. The molecule has 2 fully saturated rings. The van der Waals surface area contributed by atoms with Gasteiger partial charge in [0.25, 0.3) is 0 Å². The summed E-state index contributed by atoms with van der Waals surface area (Å²) in [7, 11) is 0. The summed E-state index contributed by atoms with van der Waals surface area (Å²) in [6.45, 7) is 4.95. The highest BCUT2D eigenvalue weighted by molar-refractivity contribution is 5.95. The quantitative estimate of drug-likeness (QED) is 0.842. The molecular formula is C21H25FN2O4. The van der Waals surface area contributed by atoms with Gasteiger partial charge in [-0.1, -0.05) is 13.8 Å². The number of anilines is 1. The number of pyridine rings is 1. The number of rotatable bonds is 4. The Bertz CT molecular complexity index is 1010. The van der Waals surface area contributed by atoms with Crippen molar-refractivity contribution in [2.75, 3.05) is 18.0 Å². The van der Waals surface area contributed by atoms with Crippen LogP contribution in [0.5, 0.6) is 0 Å². The molecule has 0 amide bonds. The summed E-state index contributed by atoms with van der Waals surface area (Å²) in [5, 5.41) is 19.6. The van der Waals surface area contributed by atoms with Crippen LogP contribution in [0.2, 0.25) is 0 Å². The topological polar surface area (TPSA) is 82.8 Å². The molecule has 2 aliphatic rings. The third-order valence-electron chi connectivity index (χ3n) is 6.04. The smallest absolute Gasteiger partial charge is 0.341 e. The molecule has 7 heteroatoms. The summed E-state index contributed by atoms with van der Waals surface area (Å²) in [6.07, 6.45) is 3.95. The number of carboxylic acid groups (broad SMARTS) is 1. The molecule has 2 unspecified atom stereocenters. The van der Waals surface area contributed by atoms with Crippen molar-refractivity contribution in [1.82, 2.24) is 4.57 Å². The first-order valence-corrected chi connectivity index (χ1v) is 9.90. The number of aliphatic hydroxyl groups is 1. The highest BCUT2D eigenvalue weighted by atomic mass is 19.1. The Morgan fingerprint density at radius 3 is 2.61 bits per heavy atom. The van der Waals surface area contributed by atoms with Crippen molar-refractivity contribution in [2.45, 2.75) is 51.7 Å². The summed E-state index contributed by atoms with van der Waals surface area (Å²) in [4.78, 5) is 26.3. The van der Waals surface area contributed by atoms with Gasteiger partial charge in [-0.05, 0) is 37.7 Å². The van der Waals surface area contributed by atoms with Gasteiger partial charge in [0.1, 0.15) is 11.4 Å². The van der Waals surface area contributed by atoms with Gasteiger partial charge in [-0.2, -0.15) is 0 Å². The number of carbonyl (C=O) groups is 1. The van der Waals surface area contributed by atoms with E-state index in [9.17, 15) is 19.8 Å². The SMILES string of the molecule is CCc1c(N2CCC(O)C(C)C2)c(F)cc2c(=O)c(C(=O)O)cn(C3CC3)c12. The predicted octanol–water partition coefficient (Wildman–Crippen LogP) is 2.94. The molecule has 1 aromatic carbocycles. The van der Waals surface area contributed by atoms with Crippen LogP contribution in [0, 0.1) is 11.7 Å². The minimum absolute atomic E-state index is 0.0218. The first kappa shape index (κ1) is 18.9. The molecule has 0 spiro atoms. The highest BCUT2D eigenvalue weighted by Gasteiger charge is 2.32. The van der Waals surface area contributed by atoms with Crippen molar-refractivity contribution < 1.29 is 19.4 Å². The Balaban J connectivity index is 1.99. The van der Waals surface area contributed by atoms with Gasteiger partial charge >= 0.3 is 5.97 Å². The standard InChI is InChI=1S/C21H25FN2O4/c1-3-13-18-14(20(26)15(21(27)28)10-24(18)12-4-5-12)8-16(22)19(13)23-7-6-17(25)11(2)9-23/h8,10-12,17,25H,3-7,9H2,1-2H3,(H,27,28). The third kappa shape index (κ3) is 2.98. The number of halogens is 1. The van der Waals surface area contributed by atoms with Gasteiger partial charge < -0.3 is 19.7 Å². The van der Waals surface area contributed by atoms with E-state index in [2.05, 4.69) is 0 Å². The summed E-state index contributed by atoms with van der Waals surface area (Å²) in [5.41, 5.74) is 0.908. The van der Waals surface area contributed by atoms with E-state index >= 15 is 4.39 Å². The van der Waals surface area contributed by atoms with Crippen molar-refractivity contribution in [1.29, 1.82) is 0 Å². The zero-order chi connectivity index (χ0) is 20.2. The van der Waals surface area contributed by atoms with Crippen molar-refractivity contribution >= 4 is 22.6 Å². The van der Waals surface area contributed by atoms with Crippen LogP contribution in [0.25, 0.3) is 10.9 Å². The van der Waals surface area contributed by atoms with Gasteiger partial charge in [0.2, 0.25) is 5.43 Å². The number of piperidine rings is 1. The molecule has 1 saturated heterocycles. The highest BCUT2D eigenvalue weighted by Crippen LogP contribution is 2.41. The van der Waals surface area contributed by atoms with Crippen LogP contribution < -0.4 is 10.3 Å². The number of carboxylic acids is 1. The summed E-state index contributed by atoms with van der Waals surface area (Å²) in [5.74, 6) is -1.77. The molecule has 1 aliphatic carbocycles. The Labute approximate surface area is 162 Å². The third-order valence-corrected chi connectivity index (χ3v) is 6.04. The molecule has 0 bridgehead atoms. The Morgan fingerprint density at radius 2 is 2.04 bits per heavy atom. The lowest BCUT2D eigenvalue weighted by molar-refractivity contribution is 0.0694. The largest absolute Gasteiger partial charge is 0.477 e. The van der Waals surface area contributed by atoms with Gasteiger partial charge in [-0.3, -0.25) is 4.79 Å². The molecule has 150 valence electrons. The average Bonchev–Trinajstić information content (AvgIpc) is 3.48. The molecule has 1 aliphatic heterocycles. The molecule has 6 nitrogen and oxygen atoms in total. The molecule has 4 rings (SSSR count). The molecule has 2 N–H and O–H groups in total. The maximum Gasteiger partial charge on any atom is 0.341 e. The Hall–Kier alpha value is -2.41. The van der Waals surface area contributed by atoms with Crippen molar-refractivity contribution in [3.8, 4) is 0 Å². The molecule has 2 heterocycles. The molecule has 0 radical (unpaired) electrons. The van der Waals surface area contributed by atoms with E-state index < -0.39 is 23.3 Å². The molecule has 2 aromatic rings. The van der Waals surface area contributed by atoms with Crippen LogP contribution in [-0.4, -0.2) is 39.9 Å². The van der Waals surface area contributed by atoms with Crippen LogP contribution in [0.3, 0.4) is 0 Å². The summed E-state index contributed by atoms with van der Waals surface area (Å²) >= 11 is 0. The Kier molecular flexibility index (Phi) is 4.65. The van der Waals surface area contributed by atoms with Gasteiger partial charge in [0.15, 0.2) is 0 Å². The van der Waals surface area contributed by atoms with E-state index in [1.165, 1.54) is 12.3 Å². The number of aromatic carboxylic acids is 1. The molecule has 1 aromatic heterocycles. The van der Waals surface area contributed by atoms with Crippen molar-refractivity contribution in [2.24, 2.45) is 5.92 Å². The fourth-order valence-corrected chi connectivity index (χ4v) is 4.36. The van der Waals surface area contributed by atoms with Gasteiger partial charge in [0.05, 0.1) is 17.3 Å². The minimum atomic E-state index is -1.29. The number of benzene rings is 1. The number of hydrogen-bond acceptors (Lipinski definition) is 4. The first-order valence-electron chi connectivity index (χ1n) is 9.90.